The maximum Gasteiger partial charge on any atom is 0.573 e. The Kier molecular flexibility index (Phi) is 6.52. The zero-order valence-electron chi connectivity index (χ0n) is 16.0. The van der Waals surface area contributed by atoms with Crippen molar-refractivity contribution in [3.63, 3.8) is 0 Å². The van der Waals surface area contributed by atoms with Crippen molar-refractivity contribution in [3.8, 4) is 5.75 Å². The van der Waals surface area contributed by atoms with Gasteiger partial charge < -0.3 is 9.47 Å². The zero-order valence-corrected chi connectivity index (χ0v) is 16.0. The van der Waals surface area contributed by atoms with Crippen LogP contribution in [0.2, 0.25) is 0 Å². The smallest absolute Gasteiger partial charge is 0.459 e. The molecular weight excluding hydrogens is 377 g/mol. The second-order valence-electron chi connectivity index (χ2n) is 7.90. The number of Topliss-reactive ketones (excluding diaryl/α,β-unsaturated/α-hetero) is 2. The molecule has 28 heavy (non-hydrogen) atoms. The van der Waals surface area contributed by atoms with Crippen LogP contribution in [0, 0.1) is 11.8 Å². The number of rotatable bonds is 8. The second-order valence-corrected chi connectivity index (χ2v) is 7.90. The maximum absolute atomic E-state index is 12.5. The molecule has 8 heteroatoms. The van der Waals surface area contributed by atoms with E-state index in [1.807, 2.05) is 0 Å². The molecule has 1 aliphatic rings. The molecule has 1 saturated carbocycles. The average molecular weight is 400 g/mol. The van der Waals surface area contributed by atoms with Crippen LogP contribution in [-0.2, 0) is 14.3 Å². The van der Waals surface area contributed by atoms with Gasteiger partial charge in [0.25, 0.3) is 0 Å². The normalized spacial score (nSPS) is 15.6. The molecule has 1 fully saturated rings. The van der Waals surface area contributed by atoms with Crippen LogP contribution in [0.4, 0.5) is 13.2 Å². The highest BCUT2D eigenvalue weighted by Crippen LogP contribution is 2.34. The summed E-state index contributed by atoms with van der Waals surface area (Å²) in [7, 11) is 0. The molecule has 1 aliphatic carbocycles. The number of halogens is 3. The Hall–Kier alpha value is -2.38. The van der Waals surface area contributed by atoms with Crippen LogP contribution in [-0.4, -0.2) is 29.5 Å². The molecule has 0 heterocycles. The van der Waals surface area contributed by atoms with Crippen LogP contribution in [0.1, 0.15) is 56.8 Å². The van der Waals surface area contributed by atoms with Crippen molar-refractivity contribution in [2.45, 2.75) is 58.4 Å². The van der Waals surface area contributed by atoms with Crippen molar-refractivity contribution >= 4 is 17.5 Å². The summed E-state index contributed by atoms with van der Waals surface area (Å²) in [5, 5.41) is 0. The summed E-state index contributed by atoms with van der Waals surface area (Å²) in [6.45, 7) is 4.98. The van der Waals surface area contributed by atoms with E-state index < -0.39 is 35.4 Å². The maximum atomic E-state index is 12.5. The summed E-state index contributed by atoms with van der Waals surface area (Å²) in [4.78, 5) is 37.4. The molecule has 0 spiro atoms. The highest BCUT2D eigenvalue weighted by molar-refractivity contribution is 6.06. The lowest BCUT2D eigenvalue weighted by Gasteiger charge is -2.23. The van der Waals surface area contributed by atoms with Crippen molar-refractivity contribution in [1.29, 1.82) is 0 Å². The molecule has 154 valence electrons. The minimum atomic E-state index is -4.83. The average Bonchev–Trinajstić information content (AvgIpc) is 3.33. The summed E-state index contributed by atoms with van der Waals surface area (Å²) >= 11 is 0. The van der Waals surface area contributed by atoms with E-state index in [0.717, 1.165) is 25.0 Å². The van der Waals surface area contributed by atoms with Gasteiger partial charge in [-0.25, -0.2) is 0 Å². The van der Waals surface area contributed by atoms with Gasteiger partial charge in [-0.1, -0.05) is 0 Å². The fraction of sp³-hybridized carbons (Fsp3) is 0.550. The monoisotopic (exact) mass is 400 g/mol. The Bertz CT molecular complexity index is 728. The van der Waals surface area contributed by atoms with Gasteiger partial charge in [0, 0.05) is 18.4 Å². The van der Waals surface area contributed by atoms with Crippen LogP contribution >= 0.6 is 0 Å². The standard InChI is InChI=1S/C20H23F3O5/c1-19(2,3)28-18(26)15(17(25)10-12-4-5-12)11-16(24)13-6-8-14(9-7-13)27-20(21,22)23/h6-9,12,15H,4-5,10-11H2,1-3H3. The van der Waals surface area contributed by atoms with E-state index >= 15 is 0 Å². The lowest BCUT2D eigenvalue weighted by Crippen LogP contribution is -2.34. The number of esters is 1. The van der Waals surface area contributed by atoms with Gasteiger partial charge in [0.2, 0.25) is 0 Å². The third-order valence-electron chi connectivity index (χ3n) is 4.07. The highest BCUT2D eigenvalue weighted by Gasteiger charge is 2.36. The number of hydrogen-bond acceptors (Lipinski definition) is 5. The van der Waals surface area contributed by atoms with E-state index in [1.54, 1.807) is 20.8 Å². The second kappa shape index (κ2) is 8.32. The molecule has 0 saturated heterocycles. The fourth-order valence-corrected chi connectivity index (χ4v) is 2.60. The van der Waals surface area contributed by atoms with Crippen molar-refractivity contribution in [1.82, 2.24) is 0 Å². The molecule has 0 aliphatic heterocycles. The molecule has 0 radical (unpaired) electrons. The molecule has 2 rings (SSSR count). The van der Waals surface area contributed by atoms with Gasteiger partial charge in [0.1, 0.15) is 23.1 Å². The van der Waals surface area contributed by atoms with Crippen LogP contribution in [0.15, 0.2) is 24.3 Å². The van der Waals surface area contributed by atoms with Gasteiger partial charge in [-0.3, -0.25) is 14.4 Å². The molecule has 1 unspecified atom stereocenters. The highest BCUT2D eigenvalue weighted by atomic mass is 19.4. The molecular formula is C20H23F3O5. The van der Waals surface area contributed by atoms with E-state index in [1.165, 1.54) is 12.1 Å². The van der Waals surface area contributed by atoms with E-state index in [0.29, 0.717) is 0 Å². The zero-order chi connectivity index (χ0) is 21.1. The van der Waals surface area contributed by atoms with Crippen molar-refractivity contribution in [2.75, 3.05) is 0 Å². The van der Waals surface area contributed by atoms with Crippen LogP contribution in [0.25, 0.3) is 0 Å². The van der Waals surface area contributed by atoms with E-state index in [4.69, 9.17) is 4.74 Å². The Morgan fingerprint density at radius 2 is 1.64 bits per heavy atom. The summed E-state index contributed by atoms with van der Waals surface area (Å²) in [6.07, 6.45) is -3.17. The topological polar surface area (TPSA) is 69.7 Å². The number of benzene rings is 1. The molecule has 0 N–H and O–H groups in total. The van der Waals surface area contributed by atoms with Gasteiger partial charge in [0.15, 0.2) is 5.78 Å². The SMILES string of the molecule is CC(C)(C)OC(=O)C(CC(=O)c1ccc(OC(F)(F)F)cc1)C(=O)CC1CC1. The summed E-state index contributed by atoms with van der Waals surface area (Å²) in [5.41, 5.74) is -0.725. The third-order valence-corrected chi connectivity index (χ3v) is 4.07. The number of alkyl halides is 3. The van der Waals surface area contributed by atoms with Gasteiger partial charge in [0.05, 0.1) is 0 Å². The summed E-state index contributed by atoms with van der Waals surface area (Å²) in [5.74, 6) is -3.08. The van der Waals surface area contributed by atoms with Crippen LogP contribution in [0.5, 0.6) is 5.75 Å². The number of carbonyl (C=O) groups excluding carboxylic acids is 3. The lowest BCUT2D eigenvalue weighted by atomic mass is 9.91. The first kappa shape index (κ1) is 21.9. The molecule has 0 amide bonds. The van der Waals surface area contributed by atoms with E-state index in [2.05, 4.69) is 4.74 Å². The largest absolute Gasteiger partial charge is 0.573 e. The predicted molar refractivity (Wildman–Crippen MR) is 93.8 cm³/mol. The minimum Gasteiger partial charge on any atom is -0.459 e. The minimum absolute atomic E-state index is 0.0855. The molecule has 0 bridgehead atoms. The quantitative estimate of drug-likeness (QED) is 0.365. The third kappa shape index (κ3) is 7.32. The fourth-order valence-electron chi connectivity index (χ4n) is 2.60. The van der Waals surface area contributed by atoms with Gasteiger partial charge >= 0.3 is 12.3 Å². The molecule has 1 aromatic rings. The predicted octanol–water partition coefficient (Wildman–Crippen LogP) is 4.49. The Balaban J connectivity index is 2.09. The van der Waals surface area contributed by atoms with Crippen molar-refractivity contribution in [3.05, 3.63) is 29.8 Å². The van der Waals surface area contributed by atoms with Crippen molar-refractivity contribution < 1.29 is 37.0 Å². The summed E-state index contributed by atoms with van der Waals surface area (Å²) < 4.78 is 45.7. The van der Waals surface area contributed by atoms with Crippen LogP contribution in [0.3, 0.4) is 0 Å². The number of ketones is 2. The molecule has 1 aromatic carbocycles. The number of ether oxygens (including phenoxy) is 2. The number of carbonyl (C=O) groups is 3. The van der Waals surface area contributed by atoms with Gasteiger partial charge in [-0.05, 0) is 63.8 Å². The first-order chi connectivity index (χ1) is 12.8. The van der Waals surface area contributed by atoms with Gasteiger partial charge in [-0.15, -0.1) is 13.2 Å². The van der Waals surface area contributed by atoms with E-state index in [-0.39, 0.29) is 30.1 Å². The Morgan fingerprint density at radius 3 is 2.11 bits per heavy atom. The van der Waals surface area contributed by atoms with Gasteiger partial charge in [-0.2, -0.15) is 0 Å². The Morgan fingerprint density at radius 1 is 1.07 bits per heavy atom. The first-order valence-corrected chi connectivity index (χ1v) is 8.98. The first-order valence-electron chi connectivity index (χ1n) is 8.98. The number of hydrogen-bond donors (Lipinski definition) is 0. The molecule has 5 nitrogen and oxygen atoms in total. The van der Waals surface area contributed by atoms with E-state index in [9.17, 15) is 27.6 Å². The summed E-state index contributed by atoms with van der Waals surface area (Å²) in [6, 6.07) is 4.35. The molecule has 0 aromatic heterocycles. The lowest BCUT2D eigenvalue weighted by molar-refractivity contribution is -0.274. The van der Waals surface area contributed by atoms with Crippen LogP contribution < -0.4 is 4.74 Å². The van der Waals surface area contributed by atoms with Crippen molar-refractivity contribution in [2.24, 2.45) is 11.8 Å². The Labute approximate surface area is 161 Å². The molecule has 1 atom stereocenters.